The van der Waals surface area contributed by atoms with Crippen LogP contribution in [0.2, 0.25) is 0 Å². The van der Waals surface area contributed by atoms with E-state index in [4.69, 9.17) is 10.5 Å². The highest BCUT2D eigenvalue weighted by atomic mass is 19.3. The Balaban J connectivity index is 0. The summed E-state index contributed by atoms with van der Waals surface area (Å²) in [6.45, 7) is 8.28. The molecule has 0 aliphatic rings. The molecule has 0 aromatic rings. The number of ether oxygens (including phenoxy) is 3. The molecule has 0 saturated heterocycles. The van der Waals surface area contributed by atoms with E-state index in [2.05, 4.69) is 9.47 Å². The predicted octanol–water partition coefficient (Wildman–Crippen LogP) is 2.63. The number of rotatable bonds is 9. The van der Waals surface area contributed by atoms with Crippen LogP contribution in [0.5, 0.6) is 0 Å². The molecule has 0 aliphatic heterocycles. The first-order valence-electron chi connectivity index (χ1n) is 8.86. The van der Waals surface area contributed by atoms with E-state index in [1.165, 1.54) is 0 Å². The van der Waals surface area contributed by atoms with Crippen molar-refractivity contribution in [3.8, 4) is 0 Å². The van der Waals surface area contributed by atoms with Crippen molar-refractivity contribution in [3.05, 3.63) is 0 Å². The van der Waals surface area contributed by atoms with Gasteiger partial charge in [0.05, 0.1) is 32.1 Å². The van der Waals surface area contributed by atoms with Crippen LogP contribution in [0.3, 0.4) is 0 Å². The summed E-state index contributed by atoms with van der Waals surface area (Å²) in [6, 6.07) is -3.02. The lowest BCUT2D eigenvalue weighted by Gasteiger charge is -2.22. The fourth-order valence-corrected chi connectivity index (χ4v) is 1.56. The molecular formula is C17H30F4N2O6. The number of halogens is 4. The minimum Gasteiger partial charge on any atom is -0.466 e. The molecule has 2 atom stereocenters. The maximum atomic E-state index is 12.6. The second-order valence-electron chi connectivity index (χ2n) is 6.60. The van der Waals surface area contributed by atoms with E-state index in [0.717, 1.165) is 0 Å². The van der Waals surface area contributed by atoms with E-state index < -0.39 is 61.4 Å². The van der Waals surface area contributed by atoms with E-state index in [0.29, 0.717) is 0 Å². The van der Waals surface area contributed by atoms with Gasteiger partial charge in [0.25, 0.3) is 12.9 Å². The number of carbonyl (C=O) groups is 3. The highest BCUT2D eigenvalue weighted by Crippen LogP contribution is 2.10. The molecule has 12 heteroatoms. The van der Waals surface area contributed by atoms with Crippen LogP contribution in [0.15, 0.2) is 0 Å². The Morgan fingerprint density at radius 1 is 0.897 bits per heavy atom. The predicted molar refractivity (Wildman–Crippen MR) is 95.6 cm³/mol. The van der Waals surface area contributed by atoms with Crippen molar-refractivity contribution < 1.29 is 46.2 Å². The van der Waals surface area contributed by atoms with Crippen molar-refractivity contribution in [2.75, 3.05) is 13.2 Å². The smallest absolute Gasteiger partial charge is 0.408 e. The molecule has 0 aliphatic carbocycles. The Labute approximate surface area is 167 Å². The third-order valence-electron chi connectivity index (χ3n) is 2.73. The number of carbonyl (C=O) groups excluding carboxylic acids is 3. The minimum absolute atomic E-state index is 0.0984. The molecule has 0 heterocycles. The number of nitrogens with two attached hydrogens (primary N) is 1. The average Bonchev–Trinajstić information content (AvgIpc) is 2.53. The monoisotopic (exact) mass is 434 g/mol. The first kappa shape index (κ1) is 29.1. The molecule has 3 N–H and O–H groups in total. The van der Waals surface area contributed by atoms with E-state index in [1.54, 1.807) is 34.6 Å². The molecule has 0 radical (unpaired) electrons. The Morgan fingerprint density at radius 2 is 1.34 bits per heavy atom. The van der Waals surface area contributed by atoms with Gasteiger partial charge in [-0.1, -0.05) is 0 Å². The lowest BCUT2D eigenvalue weighted by molar-refractivity contribution is -0.145. The molecule has 29 heavy (non-hydrogen) atoms. The lowest BCUT2D eigenvalue weighted by Crippen LogP contribution is -2.44. The first-order valence-corrected chi connectivity index (χ1v) is 8.86. The fraction of sp³-hybridized carbons (Fsp3) is 0.824. The molecular weight excluding hydrogens is 404 g/mol. The molecule has 2 unspecified atom stereocenters. The van der Waals surface area contributed by atoms with Crippen LogP contribution in [0.25, 0.3) is 0 Å². The number of nitrogens with one attached hydrogen (secondary N) is 1. The summed E-state index contributed by atoms with van der Waals surface area (Å²) >= 11 is 0. The summed E-state index contributed by atoms with van der Waals surface area (Å²) < 4.78 is 62.4. The van der Waals surface area contributed by atoms with E-state index in [1.807, 2.05) is 5.32 Å². The molecule has 0 bridgehead atoms. The van der Waals surface area contributed by atoms with Crippen molar-refractivity contribution in [3.63, 3.8) is 0 Å². The van der Waals surface area contributed by atoms with Gasteiger partial charge < -0.3 is 25.3 Å². The van der Waals surface area contributed by atoms with Crippen LogP contribution in [-0.2, 0) is 23.8 Å². The number of hydrogen-bond donors (Lipinski definition) is 2. The quantitative estimate of drug-likeness (QED) is 0.325. The zero-order chi connectivity index (χ0) is 23.2. The summed E-state index contributed by atoms with van der Waals surface area (Å²) in [7, 11) is 0. The van der Waals surface area contributed by atoms with E-state index in [-0.39, 0.29) is 13.2 Å². The molecule has 0 saturated carbocycles. The second-order valence-corrected chi connectivity index (χ2v) is 6.60. The Kier molecular flexibility index (Phi) is 14.9. The Morgan fingerprint density at radius 3 is 1.69 bits per heavy atom. The van der Waals surface area contributed by atoms with Crippen molar-refractivity contribution in [1.29, 1.82) is 0 Å². The van der Waals surface area contributed by atoms with Gasteiger partial charge in [0.2, 0.25) is 0 Å². The summed E-state index contributed by atoms with van der Waals surface area (Å²) in [4.78, 5) is 32.9. The standard InChI is InChI=1S/C11H19F2NO4.C6H11F2NO2/c1-5-17-8(15)6-7(9(12)13)14-10(16)18-11(2,3)4;1-2-11-5(10)3-4(9)6(7)8/h7,9H,5-6H2,1-4H3,(H,14,16);4,6H,2-3,9H2,1H3. The van der Waals surface area contributed by atoms with Crippen LogP contribution >= 0.6 is 0 Å². The molecule has 1 amide bonds. The summed E-state index contributed by atoms with van der Waals surface area (Å²) in [5.41, 5.74) is 4.11. The van der Waals surface area contributed by atoms with Crippen molar-refractivity contribution in [1.82, 2.24) is 5.32 Å². The van der Waals surface area contributed by atoms with Crippen molar-refractivity contribution >= 4 is 18.0 Å². The van der Waals surface area contributed by atoms with Crippen molar-refractivity contribution in [2.24, 2.45) is 5.73 Å². The van der Waals surface area contributed by atoms with Gasteiger partial charge in [-0.3, -0.25) is 9.59 Å². The van der Waals surface area contributed by atoms with Crippen LogP contribution in [0.4, 0.5) is 22.4 Å². The zero-order valence-corrected chi connectivity index (χ0v) is 17.2. The summed E-state index contributed by atoms with van der Waals surface area (Å²) in [6.07, 6.45) is -7.55. The molecule has 0 spiro atoms. The second kappa shape index (κ2) is 14.8. The van der Waals surface area contributed by atoms with Gasteiger partial charge in [-0.15, -0.1) is 0 Å². The fourth-order valence-electron chi connectivity index (χ4n) is 1.56. The summed E-state index contributed by atoms with van der Waals surface area (Å²) in [5.74, 6) is -1.47. The van der Waals surface area contributed by atoms with Gasteiger partial charge in [0.15, 0.2) is 0 Å². The topological polar surface area (TPSA) is 117 Å². The van der Waals surface area contributed by atoms with Gasteiger partial charge in [-0.25, -0.2) is 22.4 Å². The number of amides is 1. The molecule has 0 rings (SSSR count). The number of alkyl halides is 4. The highest BCUT2D eigenvalue weighted by molar-refractivity contribution is 5.73. The maximum Gasteiger partial charge on any atom is 0.408 e. The molecule has 8 nitrogen and oxygen atoms in total. The Bertz CT molecular complexity index is 501. The van der Waals surface area contributed by atoms with Gasteiger partial charge in [0, 0.05) is 0 Å². The van der Waals surface area contributed by atoms with Gasteiger partial charge in [-0.05, 0) is 34.6 Å². The minimum atomic E-state index is -2.87. The van der Waals surface area contributed by atoms with E-state index in [9.17, 15) is 31.9 Å². The average molecular weight is 434 g/mol. The van der Waals surface area contributed by atoms with Gasteiger partial charge >= 0.3 is 18.0 Å². The number of alkyl carbamates (subject to hydrolysis) is 1. The summed E-state index contributed by atoms with van der Waals surface area (Å²) in [5, 5.41) is 1.95. The SMILES string of the molecule is CCOC(=O)CC(N)C(F)F.CCOC(=O)CC(NC(=O)OC(C)(C)C)C(F)F. The van der Waals surface area contributed by atoms with Crippen LogP contribution in [0.1, 0.15) is 47.5 Å². The number of hydrogen-bond acceptors (Lipinski definition) is 7. The van der Waals surface area contributed by atoms with Gasteiger partial charge in [-0.2, -0.15) is 0 Å². The first-order chi connectivity index (χ1) is 13.2. The van der Waals surface area contributed by atoms with Crippen LogP contribution in [0, 0.1) is 0 Å². The number of esters is 2. The van der Waals surface area contributed by atoms with Gasteiger partial charge in [0.1, 0.15) is 11.6 Å². The largest absolute Gasteiger partial charge is 0.466 e. The van der Waals surface area contributed by atoms with Crippen LogP contribution in [-0.4, -0.2) is 61.8 Å². The highest BCUT2D eigenvalue weighted by Gasteiger charge is 2.28. The normalized spacial score (nSPS) is 13.1. The molecule has 172 valence electrons. The molecule has 0 aromatic heterocycles. The van der Waals surface area contributed by atoms with E-state index >= 15 is 0 Å². The lowest BCUT2D eigenvalue weighted by atomic mass is 10.2. The molecule has 0 aromatic carbocycles. The maximum absolute atomic E-state index is 12.6. The third-order valence-corrected chi connectivity index (χ3v) is 2.73. The third kappa shape index (κ3) is 17.7. The Hall–Kier alpha value is -2.11. The molecule has 0 fully saturated rings. The van der Waals surface area contributed by atoms with Crippen LogP contribution < -0.4 is 11.1 Å². The zero-order valence-electron chi connectivity index (χ0n) is 17.2. The van der Waals surface area contributed by atoms with Crippen molar-refractivity contribution in [2.45, 2.75) is 78.0 Å².